The summed E-state index contributed by atoms with van der Waals surface area (Å²) in [6.07, 6.45) is 0. The van der Waals surface area contributed by atoms with Crippen molar-refractivity contribution in [2.24, 2.45) is 0 Å². The lowest BCUT2D eigenvalue weighted by molar-refractivity contribution is 1.08. The molecule has 0 saturated carbocycles. The molecule has 0 unspecified atom stereocenters. The quantitative estimate of drug-likeness (QED) is 0.610. The van der Waals surface area contributed by atoms with Crippen LogP contribution < -0.4 is 5.32 Å². The highest BCUT2D eigenvalue weighted by molar-refractivity contribution is 14.1. The van der Waals surface area contributed by atoms with E-state index < -0.39 is 0 Å². The predicted octanol–water partition coefficient (Wildman–Crippen LogP) is 5.04. The third-order valence-electron chi connectivity index (χ3n) is 3.04. The van der Waals surface area contributed by atoms with Gasteiger partial charge in [0.1, 0.15) is 0 Å². The molecule has 1 heterocycles. The number of hydrogen-bond acceptors (Lipinski definition) is 1. The molecule has 19 heavy (non-hydrogen) atoms. The first-order chi connectivity index (χ1) is 9.25. The minimum absolute atomic E-state index is 0.688. The van der Waals surface area contributed by atoms with Gasteiger partial charge in [0.05, 0.1) is 17.3 Å². The molecule has 4 heteroatoms. The Hall–Kier alpha value is -1.20. The van der Waals surface area contributed by atoms with Gasteiger partial charge in [0.2, 0.25) is 0 Å². The van der Waals surface area contributed by atoms with Crippen molar-refractivity contribution < 1.29 is 0 Å². The number of rotatable bonds is 3. The maximum absolute atomic E-state index is 6.39. The number of nitrogens with one attached hydrogen (secondary N) is 2. The molecule has 0 radical (unpaired) electrons. The SMILES string of the molecule is Clc1c(CNc2ccccc2I)[nH]c2ccccc12. The van der Waals surface area contributed by atoms with Gasteiger partial charge in [-0.05, 0) is 40.8 Å². The zero-order chi connectivity index (χ0) is 13.2. The Balaban J connectivity index is 1.86. The van der Waals surface area contributed by atoms with Gasteiger partial charge in [-0.3, -0.25) is 0 Å². The Bertz CT molecular complexity index is 721. The van der Waals surface area contributed by atoms with Crippen molar-refractivity contribution in [1.29, 1.82) is 0 Å². The first-order valence-electron chi connectivity index (χ1n) is 5.99. The lowest BCUT2D eigenvalue weighted by atomic mass is 10.2. The summed E-state index contributed by atoms with van der Waals surface area (Å²) in [5.41, 5.74) is 3.22. The molecule has 0 spiro atoms. The van der Waals surface area contributed by atoms with Gasteiger partial charge in [0.15, 0.2) is 0 Å². The van der Waals surface area contributed by atoms with Gasteiger partial charge in [-0.25, -0.2) is 0 Å². The fourth-order valence-corrected chi connectivity index (χ4v) is 2.93. The molecule has 0 saturated heterocycles. The first kappa shape index (κ1) is 12.8. The number of aromatic amines is 1. The van der Waals surface area contributed by atoms with Crippen LogP contribution in [0.15, 0.2) is 48.5 Å². The number of benzene rings is 2. The molecule has 0 atom stereocenters. The van der Waals surface area contributed by atoms with E-state index in [4.69, 9.17) is 11.6 Å². The predicted molar refractivity (Wildman–Crippen MR) is 89.8 cm³/mol. The van der Waals surface area contributed by atoms with E-state index in [0.29, 0.717) is 6.54 Å². The first-order valence-corrected chi connectivity index (χ1v) is 7.45. The van der Waals surface area contributed by atoms with Crippen LogP contribution in [0.2, 0.25) is 5.02 Å². The molecule has 0 aliphatic heterocycles. The van der Waals surface area contributed by atoms with Crippen LogP contribution in [0.1, 0.15) is 5.69 Å². The highest BCUT2D eigenvalue weighted by atomic mass is 127. The molecule has 0 amide bonds. The number of halogens is 2. The van der Waals surface area contributed by atoms with E-state index in [-0.39, 0.29) is 0 Å². The molecule has 2 N–H and O–H groups in total. The molecule has 0 aliphatic carbocycles. The second kappa shape index (κ2) is 5.43. The fraction of sp³-hybridized carbons (Fsp3) is 0.0667. The Kier molecular flexibility index (Phi) is 3.66. The van der Waals surface area contributed by atoms with Crippen molar-refractivity contribution in [1.82, 2.24) is 4.98 Å². The molecule has 96 valence electrons. The number of H-pyrrole nitrogens is 1. The molecule has 1 aromatic heterocycles. The maximum Gasteiger partial charge on any atom is 0.0710 e. The van der Waals surface area contributed by atoms with Crippen LogP contribution in [0.25, 0.3) is 10.9 Å². The smallest absolute Gasteiger partial charge is 0.0710 e. The van der Waals surface area contributed by atoms with Crippen LogP contribution >= 0.6 is 34.2 Å². The van der Waals surface area contributed by atoms with Crippen LogP contribution in [0.3, 0.4) is 0 Å². The zero-order valence-corrected chi connectivity index (χ0v) is 13.0. The molecule has 3 aromatic rings. The number of para-hydroxylation sites is 2. The Labute approximate surface area is 130 Å². The molecule has 3 rings (SSSR count). The van der Waals surface area contributed by atoms with Crippen LogP contribution in [-0.2, 0) is 6.54 Å². The normalized spacial score (nSPS) is 10.8. The summed E-state index contributed by atoms with van der Waals surface area (Å²) in [5, 5.41) is 5.28. The summed E-state index contributed by atoms with van der Waals surface area (Å²) in [6, 6.07) is 16.3. The minimum atomic E-state index is 0.688. The second-order valence-corrected chi connectivity index (χ2v) is 5.84. The molecule has 2 aromatic carbocycles. The third kappa shape index (κ3) is 2.58. The van der Waals surface area contributed by atoms with Crippen molar-refractivity contribution in [3.8, 4) is 0 Å². The van der Waals surface area contributed by atoms with E-state index in [1.807, 2.05) is 36.4 Å². The number of aromatic nitrogens is 1. The monoisotopic (exact) mass is 382 g/mol. The molecular weight excluding hydrogens is 371 g/mol. The lowest BCUT2D eigenvalue weighted by Crippen LogP contribution is -2.01. The summed E-state index contributed by atoms with van der Waals surface area (Å²) < 4.78 is 1.20. The third-order valence-corrected chi connectivity index (χ3v) is 4.42. The Morgan fingerprint density at radius 3 is 2.58 bits per heavy atom. The van der Waals surface area contributed by atoms with Gasteiger partial charge in [0.25, 0.3) is 0 Å². The Morgan fingerprint density at radius 2 is 1.79 bits per heavy atom. The van der Waals surface area contributed by atoms with Crippen molar-refractivity contribution in [3.05, 3.63) is 62.8 Å². The summed E-state index contributed by atoms with van der Waals surface area (Å²) in [6.45, 7) is 0.688. The molecule has 0 fully saturated rings. The van der Waals surface area contributed by atoms with Gasteiger partial charge in [-0.15, -0.1) is 0 Å². The average Bonchev–Trinajstić information content (AvgIpc) is 2.75. The van der Waals surface area contributed by atoms with Crippen molar-refractivity contribution in [2.45, 2.75) is 6.54 Å². The van der Waals surface area contributed by atoms with E-state index in [1.165, 1.54) is 3.57 Å². The maximum atomic E-state index is 6.39. The molecular formula is C15H12ClIN2. The van der Waals surface area contributed by atoms with Gasteiger partial charge in [-0.2, -0.15) is 0 Å². The van der Waals surface area contributed by atoms with E-state index in [2.05, 4.69) is 45.0 Å². The van der Waals surface area contributed by atoms with Crippen LogP contribution in [-0.4, -0.2) is 4.98 Å². The van der Waals surface area contributed by atoms with E-state index in [9.17, 15) is 0 Å². The van der Waals surface area contributed by atoms with Gasteiger partial charge in [-0.1, -0.05) is 41.9 Å². The highest BCUT2D eigenvalue weighted by Gasteiger charge is 2.08. The number of fused-ring (bicyclic) bond motifs is 1. The van der Waals surface area contributed by atoms with Crippen LogP contribution in [0.5, 0.6) is 0 Å². The lowest BCUT2D eigenvalue weighted by Gasteiger charge is -2.07. The van der Waals surface area contributed by atoms with Gasteiger partial charge in [0, 0.05) is 20.2 Å². The Morgan fingerprint density at radius 1 is 1.05 bits per heavy atom. The van der Waals surface area contributed by atoms with Crippen LogP contribution in [0.4, 0.5) is 5.69 Å². The minimum Gasteiger partial charge on any atom is -0.379 e. The van der Waals surface area contributed by atoms with Gasteiger partial charge >= 0.3 is 0 Å². The molecule has 0 bridgehead atoms. The molecule has 2 nitrogen and oxygen atoms in total. The highest BCUT2D eigenvalue weighted by Crippen LogP contribution is 2.28. The second-order valence-electron chi connectivity index (χ2n) is 4.30. The zero-order valence-electron chi connectivity index (χ0n) is 10.1. The van der Waals surface area contributed by atoms with Crippen molar-refractivity contribution in [3.63, 3.8) is 0 Å². The van der Waals surface area contributed by atoms with E-state index >= 15 is 0 Å². The number of anilines is 1. The summed E-state index contributed by atoms with van der Waals surface area (Å²) >= 11 is 8.71. The van der Waals surface area contributed by atoms with Crippen molar-refractivity contribution >= 4 is 50.8 Å². The summed E-state index contributed by atoms with van der Waals surface area (Å²) in [5.74, 6) is 0. The topological polar surface area (TPSA) is 27.8 Å². The summed E-state index contributed by atoms with van der Waals surface area (Å²) in [7, 11) is 0. The average molecular weight is 383 g/mol. The largest absolute Gasteiger partial charge is 0.379 e. The van der Waals surface area contributed by atoms with Gasteiger partial charge < -0.3 is 10.3 Å². The molecule has 0 aliphatic rings. The fourth-order valence-electron chi connectivity index (χ4n) is 2.07. The van der Waals surface area contributed by atoms with Crippen molar-refractivity contribution in [2.75, 3.05) is 5.32 Å². The van der Waals surface area contributed by atoms with E-state index in [0.717, 1.165) is 27.3 Å². The number of hydrogen-bond donors (Lipinski definition) is 2. The van der Waals surface area contributed by atoms with Crippen LogP contribution in [0, 0.1) is 3.57 Å². The standard InChI is InChI=1S/C15H12ClIN2/c16-15-10-5-1-3-7-12(10)19-14(15)9-18-13-8-4-2-6-11(13)17/h1-8,18-19H,9H2. The van der Waals surface area contributed by atoms with E-state index in [1.54, 1.807) is 0 Å². The summed E-state index contributed by atoms with van der Waals surface area (Å²) in [4.78, 5) is 3.36.